The van der Waals surface area contributed by atoms with Gasteiger partial charge in [-0.15, -0.1) is 0 Å². The predicted molar refractivity (Wildman–Crippen MR) is 182 cm³/mol. The summed E-state index contributed by atoms with van der Waals surface area (Å²) in [4.78, 5) is 50.5. The average Bonchev–Trinajstić information content (AvgIpc) is 3.61. The van der Waals surface area contributed by atoms with E-state index in [1.165, 1.54) is 17.2 Å². The molecule has 0 saturated carbocycles. The molecule has 3 heterocycles. The Hall–Kier alpha value is -4.72. The summed E-state index contributed by atoms with van der Waals surface area (Å²) in [6.45, 7) is 11.3. The molecule has 5 unspecified atom stereocenters. The van der Waals surface area contributed by atoms with Crippen LogP contribution in [0.1, 0.15) is 67.0 Å². The Kier molecular flexibility index (Phi) is 12.2. The van der Waals surface area contributed by atoms with E-state index in [1.807, 2.05) is 83.2 Å². The van der Waals surface area contributed by atoms with Gasteiger partial charge in [0.05, 0.1) is 19.2 Å². The first-order valence-corrected chi connectivity index (χ1v) is 16.1. The van der Waals surface area contributed by atoms with Gasteiger partial charge in [0.25, 0.3) is 0 Å². The van der Waals surface area contributed by atoms with E-state index in [1.54, 1.807) is 6.92 Å². The summed E-state index contributed by atoms with van der Waals surface area (Å²) in [6, 6.07) is 0. The van der Waals surface area contributed by atoms with E-state index in [0.29, 0.717) is 23.2 Å². The van der Waals surface area contributed by atoms with Crippen LogP contribution >= 0.6 is 0 Å². The van der Waals surface area contributed by atoms with Crippen LogP contribution in [0.25, 0.3) is 11.2 Å². The molecular formula is C36H45N5O8. The number of fused-ring (bicyclic) bond motifs is 1. The van der Waals surface area contributed by atoms with Crippen molar-refractivity contribution in [3.8, 4) is 0 Å². The first-order valence-electron chi connectivity index (χ1n) is 16.1. The molecule has 0 aromatic carbocycles. The summed E-state index contributed by atoms with van der Waals surface area (Å²) >= 11 is 0. The van der Waals surface area contributed by atoms with Crippen molar-refractivity contribution < 1.29 is 38.8 Å². The zero-order chi connectivity index (χ0) is 35.9. The zero-order valence-corrected chi connectivity index (χ0v) is 28.7. The van der Waals surface area contributed by atoms with Gasteiger partial charge in [0.15, 0.2) is 29.6 Å². The number of aliphatic hydroxyl groups is 2. The number of rotatable bonds is 12. The van der Waals surface area contributed by atoms with E-state index in [-0.39, 0.29) is 31.0 Å². The van der Waals surface area contributed by atoms with Gasteiger partial charge < -0.3 is 30.2 Å². The van der Waals surface area contributed by atoms with Crippen LogP contribution in [0.15, 0.2) is 83.6 Å². The molecular weight excluding hydrogens is 630 g/mol. The van der Waals surface area contributed by atoms with Crippen LogP contribution in [0.5, 0.6) is 0 Å². The highest BCUT2D eigenvalue weighted by Gasteiger charge is 2.45. The molecule has 4 N–H and O–H groups in total. The summed E-state index contributed by atoms with van der Waals surface area (Å²) in [5.41, 5.74) is 9.51. The van der Waals surface area contributed by atoms with E-state index >= 15 is 0 Å². The van der Waals surface area contributed by atoms with E-state index in [9.17, 15) is 24.6 Å². The fourth-order valence-electron chi connectivity index (χ4n) is 5.74. The molecule has 1 fully saturated rings. The Balaban J connectivity index is 1.27. The summed E-state index contributed by atoms with van der Waals surface area (Å²) in [5, 5.41) is 21.1. The number of carbonyl (C=O) groups is 3. The number of hydrogen-bond acceptors (Lipinski definition) is 12. The van der Waals surface area contributed by atoms with Crippen LogP contribution < -0.4 is 5.73 Å². The van der Waals surface area contributed by atoms with E-state index in [4.69, 9.17) is 19.9 Å². The first-order chi connectivity index (χ1) is 23.2. The van der Waals surface area contributed by atoms with Crippen LogP contribution in [0.4, 0.5) is 5.82 Å². The Morgan fingerprint density at radius 1 is 1.06 bits per heavy atom. The standard InChI is InChI=1S/C36H45N5O8/c1-7-8-10-21(2)11-9-12-22(3)13-14-24-23(4)30(44)25(17-36(24,5)6)48-28(43)16-15-27(42)47-18-26-31(45)32(46)35(49-26)41-20-40-29-33(37)38-19-39-34(29)41/h7-14,19-20,25-26,31-32,35,45-46H,15-18H2,1-6H3,(H2,37,38,39)/b8-7+,11-9+,14-13+,21-10+,22-12+. The Bertz CT molecular complexity index is 1750. The SMILES string of the molecule is C/C=C/C=C(C)/C=C/C=C(C)/C=C/C1=C(C)C(=O)C(OC(=O)CCC(=O)OCC2OC(n3cnc4c(N)ncnc43)C(O)C2O)CC1(C)C. The number of ether oxygens (including phenoxy) is 3. The molecule has 0 spiro atoms. The molecule has 49 heavy (non-hydrogen) atoms. The molecule has 13 nitrogen and oxygen atoms in total. The molecule has 2 aromatic rings. The number of carbonyl (C=O) groups excluding carboxylic acids is 3. The topological polar surface area (TPSA) is 189 Å². The van der Waals surface area contributed by atoms with Crippen molar-refractivity contribution in [3.63, 3.8) is 0 Å². The number of aromatic nitrogens is 4. The molecule has 1 saturated heterocycles. The van der Waals surface area contributed by atoms with Gasteiger partial charge >= 0.3 is 11.9 Å². The minimum absolute atomic E-state index is 0.146. The molecule has 262 valence electrons. The molecule has 1 aliphatic heterocycles. The summed E-state index contributed by atoms with van der Waals surface area (Å²) in [5.74, 6) is -1.57. The normalized spacial score (nSPS) is 25.0. The van der Waals surface area contributed by atoms with Crippen molar-refractivity contribution in [3.05, 3.63) is 83.6 Å². The number of nitrogen functional groups attached to an aromatic ring is 1. The van der Waals surface area contributed by atoms with Crippen molar-refractivity contribution in [2.75, 3.05) is 12.3 Å². The number of nitrogens with zero attached hydrogens (tertiary/aromatic N) is 4. The summed E-state index contributed by atoms with van der Waals surface area (Å²) < 4.78 is 17.9. The molecule has 0 radical (unpaired) electrons. The highest BCUT2D eigenvalue weighted by atomic mass is 16.6. The van der Waals surface area contributed by atoms with Crippen molar-refractivity contribution in [2.45, 2.75) is 91.4 Å². The van der Waals surface area contributed by atoms with E-state index in [2.05, 4.69) is 15.0 Å². The van der Waals surface area contributed by atoms with Gasteiger partial charge in [-0.3, -0.25) is 19.0 Å². The minimum Gasteiger partial charge on any atom is -0.463 e. The smallest absolute Gasteiger partial charge is 0.307 e. The quantitative estimate of drug-likeness (QED) is 0.216. The lowest BCUT2D eigenvalue weighted by Crippen LogP contribution is -2.39. The van der Waals surface area contributed by atoms with Crippen LogP contribution in [0.2, 0.25) is 0 Å². The van der Waals surface area contributed by atoms with Gasteiger partial charge in [-0.2, -0.15) is 0 Å². The number of imidazole rings is 1. The number of allylic oxidation sites excluding steroid dienone is 11. The second-order valence-electron chi connectivity index (χ2n) is 12.8. The van der Waals surface area contributed by atoms with Crippen molar-refractivity contribution in [2.24, 2.45) is 5.41 Å². The Labute approximate surface area is 285 Å². The molecule has 2 aliphatic rings. The van der Waals surface area contributed by atoms with Gasteiger partial charge in [-0.25, -0.2) is 15.0 Å². The predicted octanol–water partition coefficient (Wildman–Crippen LogP) is 4.16. The van der Waals surface area contributed by atoms with Crippen molar-refractivity contribution >= 4 is 34.7 Å². The maximum atomic E-state index is 13.2. The fraction of sp³-hybridized carbons (Fsp3) is 0.444. The average molecular weight is 676 g/mol. The number of ketones is 1. The number of nitrogens with two attached hydrogens (primary N) is 1. The first kappa shape index (κ1) is 37.1. The minimum atomic E-state index is -1.38. The Morgan fingerprint density at radius 2 is 1.76 bits per heavy atom. The molecule has 5 atom stereocenters. The highest BCUT2D eigenvalue weighted by molar-refractivity contribution is 6.01. The van der Waals surface area contributed by atoms with Crippen molar-refractivity contribution in [1.29, 1.82) is 0 Å². The van der Waals surface area contributed by atoms with Crippen LogP contribution in [0.3, 0.4) is 0 Å². The Morgan fingerprint density at radius 3 is 2.49 bits per heavy atom. The maximum absolute atomic E-state index is 13.2. The summed E-state index contributed by atoms with van der Waals surface area (Å²) in [6.07, 6.45) is 12.3. The van der Waals surface area contributed by atoms with Crippen molar-refractivity contribution in [1.82, 2.24) is 19.5 Å². The third-order valence-corrected chi connectivity index (χ3v) is 8.49. The lowest BCUT2D eigenvalue weighted by atomic mass is 9.71. The number of anilines is 1. The molecule has 2 aromatic heterocycles. The molecule has 0 amide bonds. The second kappa shape index (κ2) is 16.1. The number of esters is 2. The zero-order valence-electron chi connectivity index (χ0n) is 28.7. The fourth-order valence-corrected chi connectivity index (χ4v) is 5.74. The molecule has 4 rings (SSSR count). The monoisotopic (exact) mass is 675 g/mol. The van der Waals surface area contributed by atoms with Gasteiger partial charge in [0.1, 0.15) is 36.8 Å². The number of hydrogen-bond donors (Lipinski definition) is 3. The molecule has 0 bridgehead atoms. The van der Waals surface area contributed by atoms with Crippen LogP contribution in [-0.4, -0.2) is 78.5 Å². The van der Waals surface area contributed by atoms with E-state index in [0.717, 1.165) is 16.7 Å². The van der Waals surface area contributed by atoms with Crippen LogP contribution in [-0.2, 0) is 28.6 Å². The van der Waals surface area contributed by atoms with Crippen LogP contribution in [0, 0.1) is 5.41 Å². The maximum Gasteiger partial charge on any atom is 0.307 e. The lowest BCUT2D eigenvalue weighted by molar-refractivity contribution is -0.159. The van der Waals surface area contributed by atoms with Gasteiger partial charge in [-0.1, -0.05) is 73.6 Å². The third kappa shape index (κ3) is 9.05. The second-order valence-corrected chi connectivity index (χ2v) is 12.8. The van der Waals surface area contributed by atoms with Gasteiger partial charge in [-0.05, 0) is 44.3 Å². The number of aliphatic hydroxyl groups excluding tert-OH is 2. The molecule has 13 heteroatoms. The highest BCUT2D eigenvalue weighted by Crippen LogP contribution is 2.41. The van der Waals surface area contributed by atoms with Gasteiger partial charge in [0.2, 0.25) is 0 Å². The number of Topliss-reactive ketones (excluding diaryl/α,β-unsaturated/α-hetero) is 1. The lowest BCUT2D eigenvalue weighted by Gasteiger charge is -2.36. The third-order valence-electron chi connectivity index (χ3n) is 8.49. The largest absolute Gasteiger partial charge is 0.463 e. The van der Waals surface area contributed by atoms with Gasteiger partial charge in [0, 0.05) is 6.42 Å². The van der Waals surface area contributed by atoms with E-state index < -0.39 is 48.0 Å². The summed E-state index contributed by atoms with van der Waals surface area (Å²) in [7, 11) is 0. The molecule has 1 aliphatic carbocycles.